The Balaban J connectivity index is 1.88. The molecule has 3 rings (SSSR count). The van der Waals surface area contributed by atoms with Crippen LogP contribution in [-0.4, -0.2) is 25.4 Å². The summed E-state index contributed by atoms with van der Waals surface area (Å²) in [6.45, 7) is 1.53. The van der Waals surface area contributed by atoms with E-state index in [4.69, 9.17) is 19.9 Å². The lowest BCUT2D eigenvalue weighted by atomic mass is 10.1. The number of ketones is 1. The largest absolute Gasteiger partial charge is 0.497 e. The first kappa shape index (κ1) is 16.6. The fourth-order valence-electron chi connectivity index (χ4n) is 2.52. The summed E-state index contributed by atoms with van der Waals surface area (Å²) in [5, 5.41) is 0. The van der Waals surface area contributed by atoms with Gasteiger partial charge in [0, 0.05) is 5.56 Å². The molecule has 0 unspecified atom stereocenters. The average molecular weight is 339 g/mol. The van der Waals surface area contributed by atoms with Gasteiger partial charge in [-0.15, -0.1) is 0 Å². The molecule has 0 atom stereocenters. The zero-order valence-corrected chi connectivity index (χ0v) is 13.9. The highest BCUT2D eigenvalue weighted by molar-refractivity contribution is 6.15. The molecule has 2 aromatic rings. The van der Waals surface area contributed by atoms with Crippen LogP contribution in [0.4, 0.5) is 0 Å². The lowest BCUT2D eigenvalue weighted by molar-refractivity contribution is -0.119. The number of benzene rings is 2. The van der Waals surface area contributed by atoms with E-state index in [2.05, 4.69) is 0 Å². The number of hydrogen-bond acceptors (Lipinski definition) is 5. The van der Waals surface area contributed by atoms with Gasteiger partial charge >= 0.3 is 0 Å². The Hall–Kier alpha value is -3.28. The molecular formula is C19H17NO5. The summed E-state index contributed by atoms with van der Waals surface area (Å²) < 4.78 is 16.2. The van der Waals surface area contributed by atoms with E-state index >= 15 is 0 Å². The number of primary amides is 1. The van der Waals surface area contributed by atoms with Gasteiger partial charge in [0.2, 0.25) is 5.78 Å². The number of ether oxygens (including phenoxy) is 3. The first-order valence-corrected chi connectivity index (χ1v) is 7.62. The number of carbonyl (C=O) groups is 2. The van der Waals surface area contributed by atoms with Crippen molar-refractivity contribution >= 4 is 17.8 Å². The zero-order valence-electron chi connectivity index (χ0n) is 13.9. The molecule has 0 aromatic heterocycles. The third-order valence-electron chi connectivity index (χ3n) is 3.82. The lowest BCUT2D eigenvalue weighted by Crippen LogP contribution is -2.20. The molecule has 2 N–H and O–H groups in total. The lowest BCUT2D eigenvalue weighted by Gasteiger charge is -2.09. The number of carbonyl (C=O) groups excluding carboxylic acids is 2. The molecule has 6 heteroatoms. The highest BCUT2D eigenvalue weighted by Crippen LogP contribution is 2.39. The van der Waals surface area contributed by atoms with Gasteiger partial charge in [-0.2, -0.15) is 0 Å². The molecule has 0 fully saturated rings. The Labute approximate surface area is 144 Å². The molecule has 1 aliphatic heterocycles. The second kappa shape index (κ2) is 6.68. The molecule has 6 nitrogen and oxygen atoms in total. The first-order valence-electron chi connectivity index (χ1n) is 7.62. The fraction of sp³-hybridized carbons (Fsp3) is 0.158. The predicted molar refractivity (Wildman–Crippen MR) is 91.8 cm³/mol. The van der Waals surface area contributed by atoms with Gasteiger partial charge in [-0.3, -0.25) is 9.59 Å². The number of Topliss-reactive ketones (excluding diaryl/α,β-unsaturated/α-hetero) is 1. The maximum Gasteiger partial charge on any atom is 0.255 e. The molecule has 25 heavy (non-hydrogen) atoms. The van der Waals surface area contributed by atoms with Crippen LogP contribution < -0.4 is 19.9 Å². The van der Waals surface area contributed by atoms with Crippen molar-refractivity contribution in [2.45, 2.75) is 6.92 Å². The van der Waals surface area contributed by atoms with Crippen LogP contribution in [0.3, 0.4) is 0 Å². The Morgan fingerprint density at radius 1 is 1.20 bits per heavy atom. The van der Waals surface area contributed by atoms with Crippen LogP contribution in [0.25, 0.3) is 6.08 Å². The number of amides is 1. The highest BCUT2D eigenvalue weighted by Gasteiger charge is 2.30. The minimum absolute atomic E-state index is 0.199. The van der Waals surface area contributed by atoms with Crippen molar-refractivity contribution in [2.24, 2.45) is 5.73 Å². The topological polar surface area (TPSA) is 87.8 Å². The highest BCUT2D eigenvalue weighted by atomic mass is 16.5. The van der Waals surface area contributed by atoms with Crippen LogP contribution in [0.15, 0.2) is 42.2 Å². The van der Waals surface area contributed by atoms with Crippen molar-refractivity contribution in [1.29, 1.82) is 0 Å². The Morgan fingerprint density at radius 2 is 1.92 bits per heavy atom. The van der Waals surface area contributed by atoms with Crippen LogP contribution >= 0.6 is 0 Å². The van der Waals surface area contributed by atoms with Crippen molar-refractivity contribution in [1.82, 2.24) is 0 Å². The van der Waals surface area contributed by atoms with E-state index in [0.717, 1.165) is 11.3 Å². The second-order valence-corrected chi connectivity index (χ2v) is 5.53. The third-order valence-corrected chi connectivity index (χ3v) is 3.82. The van der Waals surface area contributed by atoms with Crippen molar-refractivity contribution in [3.05, 3.63) is 58.8 Å². The number of hydrogen-bond donors (Lipinski definition) is 1. The molecule has 128 valence electrons. The van der Waals surface area contributed by atoms with Gasteiger partial charge in [0.05, 0.1) is 12.7 Å². The smallest absolute Gasteiger partial charge is 0.255 e. The maximum absolute atomic E-state index is 12.5. The van der Waals surface area contributed by atoms with E-state index in [1.54, 1.807) is 44.4 Å². The van der Waals surface area contributed by atoms with Crippen molar-refractivity contribution < 1.29 is 23.8 Å². The monoisotopic (exact) mass is 339 g/mol. The zero-order chi connectivity index (χ0) is 18.0. The van der Waals surface area contributed by atoms with Gasteiger partial charge in [0.15, 0.2) is 12.4 Å². The van der Waals surface area contributed by atoms with Crippen LogP contribution in [0.2, 0.25) is 0 Å². The number of rotatable bonds is 5. The summed E-state index contributed by atoms with van der Waals surface area (Å²) >= 11 is 0. The van der Waals surface area contributed by atoms with Gasteiger partial charge < -0.3 is 19.9 Å². The van der Waals surface area contributed by atoms with Gasteiger partial charge in [-0.05, 0) is 42.8 Å². The summed E-state index contributed by atoms with van der Waals surface area (Å²) in [7, 11) is 1.59. The van der Waals surface area contributed by atoms with Crippen molar-refractivity contribution in [2.75, 3.05) is 13.7 Å². The van der Waals surface area contributed by atoms with E-state index in [1.165, 1.54) is 0 Å². The number of nitrogens with two attached hydrogens (primary N) is 1. The number of allylic oxidation sites excluding steroid dienone is 1. The van der Waals surface area contributed by atoms with Crippen LogP contribution in [-0.2, 0) is 4.79 Å². The standard InChI is InChI=1S/C19H17NO5/c1-11-15(24-10-17(20)21)8-7-14-18(22)16(25-19(11)14)9-12-3-5-13(23-2)6-4-12/h3-9H,10H2,1-2H3,(H2,20,21)/b16-9-. The van der Waals surface area contributed by atoms with Gasteiger partial charge in [-0.1, -0.05) is 12.1 Å². The molecule has 0 saturated carbocycles. The number of methoxy groups -OCH3 is 1. The van der Waals surface area contributed by atoms with Crippen molar-refractivity contribution in [3.63, 3.8) is 0 Å². The minimum Gasteiger partial charge on any atom is -0.497 e. The molecule has 0 spiro atoms. The summed E-state index contributed by atoms with van der Waals surface area (Å²) in [6.07, 6.45) is 1.67. The van der Waals surface area contributed by atoms with Gasteiger partial charge in [0.1, 0.15) is 17.2 Å². The molecule has 1 heterocycles. The third kappa shape index (κ3) is 3.33. The first-order chi connectivity index (χ1) is 12.0. The van der Waals surface area contributed by atoms with Crippen molar-refractivity contribution in [3.8, 4) is 17.2 Å². The van der Waals surface area contributed by atoms with Gasteiger partial charge in [-0.25, -0.2) is 0 Å². The summed E-state index contributed by atoms with van der Waals surface area (Å²) in [5.41, 5.74) is 7.01. The van der Waals surface area contributed by atoms with Crippen LogP contribution in [0.5, 0.6) is 17.2 Å². The molecule has 1 aliphatic rings. The second-order valence-electron chi connectivity index (χ2n) is 5.53. The van der Waals surface area contributed by atoms with Gasteiger partial charge in [0.25, 0.3) is 5.91 Å². The Bertz CT molecular complexity index is 868. The van der Waals surface area contributed by atoms with E-state index in [-0.39, 0.29) is 18.1 Å². The summed E-state index contributed by atoms with van der Waals surface area (Å²) in [5.74, 6) is 1.08. The van der Waals surface area contributed by atoms with E-state index in [9.17, 15) is 9.59 Å². The van der Waals surface area contributed by atoms with E-state index in [0.29, 0.717) is 22.6 Å². The molecular weight excluding hydrogens is 322 g/mol. The average Bonchev–Trinajstić information content (AvgIpc) is 2.92. The Kier molecular flexibility index (Phi) is 4.43. The Morgan fingerprint density at radius 3 is 2.56 bits per heavy atom. The summed E-state index contributed by atoms with van der Waals surface area (Å²) in [4.78, 5) is 23.4. The van der Waals surface area contributed by atoms with Crippen LogP contribution in [0, 0.1) is 6.92 Å². The molecule has 0 aliphatic carbocycles. The maximum atomic E-state index is 12.5. The molecule has 0 saturated heterocycles. The SMILES string of the molecule is COc1ccc(/C=C2\Oc3c(ccc(OCC(N)=O)c3C)C2=O)cc1. The molecule has 0 radical (unpaired) electrons. The quantitative estimate of drug-likeness (QED) is 0.846. The normalized spacial score (nSPS) is 14.2. The van der Waals surface area contributed by atoms with E-state index < -0.39 is 5.91 Å². The molecule has 1 amide bonds. The molecule has 0 bridgehead atoms. The fourth-order valence-corrected chi connectivity index (χ4v) is 2.52. The van der Waals surface area contributed by atoms with Crippen LogP contribution in [0.1, 0.15) is 21.5 Å². The van der Waals surface area contributed by atoms with E-state index in [1.807, 2.05) is 12.1 Å². The summed E-state index contributed by atoms with van der Waals surface area (Å²) in [6, 6.07) is 10.5. The molecule has 2 aromatic carbocycles. The minimum atomic E-state index is -0.572. The number of fused-ring (bicyclic) bond motifs is 1. The predicted octanol–water partition coefficient (Wildman–Crippen LogP) is 2.48.